The van der Waals surface area contributed by atoms with Gasteiger partial charge in [0.2, 0.25) is 0 Å². The van der Waals surface area contributed by atoms with Crippen molar-refractivity contribution >= 4 is 22.8 Å². The van der Waals surface area contributed by atoms with Crippen LogP contribution in [0.4, 0.5) is 15.0 Å². The molecule has 2 amide bonds. The van der Waals surface area contributed by atoms with E-state index in [2.05, 4.69) is 25.8 Å². The quantitative estimate of drug-likeness (QED) is 0.436. The number of benzene rings is 1. The normalized spacial score (nSPS) is 15.9. The van der Waals surface area contributed by atoms with Crippen molar-refractivity contribution in [2.45, 2.75) is 44.4 Å². The van der Waals surface area contributed by atoms with Gasteiger partial charge in [0.25, 0.3) is 0 Å². The van der Waals surface area contributed by atoms with Crippen LogP contribution in [0.2, 0.25) is 0 Å². The summed E-state index contributed by atoms with van der Waals surface area (Å²) in [7, 11) is 0. The molecule has 0 aliphatic heterocycles. The summed E-state index contributed by atoms with van der Waals surface area (Å²) in [6, 6.07) is 5.85. The molecule has 1 aliphatic carbocycles. The van der Waals surface area contributed by atoms with Crippen molar-refractivity contribution in [2.24, 2.45) is 0 Å². The number of hydrogen-bond acceptors (Lipinski definition) is 5. The largest absolute Gasteiger partial charge is 0.391 e. The van der Waals surface area contributed by atoms with Gasteiger partial charge in [0.1, 0.15) is 11.6 Å². The average molecular weight is 399 g/mol. The molecule has 152 valence electrons. The third-order valence-electron chi connectivity index (χ3n) is 5.01. The molecule has 1 fully saturated rings. The van der Waals surface area contributed by atoms with E-state index in [1.54, 1.807) is 6.07 Å². The minimum atomic E-state index is -0.901. The Hall–Kier alpha value is -3.04. The molecule has 29 heavy (non-hydrogen) atoms. The number of aromatic amines is 1. The van der Waals surface area contributed by atoms with E-state index in [-0.39, 0.29) is 12.4 Å². The highest BCUT2D eigenvalue weighted by molar-refractivity contribution is 5.92. The number of hydrogen-bond donors (Lipinski definition) is 5. The van der Waals surface area contributed by atoms with Crippen LogP contribution in [0.15, 0.2) is 30.3 Å². The molecular formula is C20H22FN5O3. The monoisotopic (exact) mass is 399 g/mol. The van der Waals surface area contributed by atoms with Crippen molar-refractivity contribution in [1.82, 2.24) is 20.5 Å². The average Bonchev–Trinajstić information content (AvgIpc) is 3.45. The van der Waals surface area contributed by atoms with Crippen molar-refractivity contribution in [1.29, 1.82) is 0 Å². The highest BCUT2D eigenvalue weighted by Crippen LogP contribution is 2.42. The molecule has 5 N–H and O–H groups in total. The summed E-state index contributed by atoms with van der Waals surface area (Å²) in [6.07, 6.45) is 1.26. The van der Waals surface area contributed by atoms with E-state index in [0.717, 1.165) is 23.9 Å². The maximum atomic E-state index is 13.2. The van der Waals surface area contributed by atoms with E-state index in [1.807, 2.05) is 0 Å². The number of carbonyl (C=O) groups excluding carboxylic acids is 1. The number of anilines is 1. The molecule has 4 rings (SSSR count). The number of aliphatic hydroxyl groups excluding tert-OH is 2. The SMILES string of the molecule is CC(O)C(NC(=O)Nc1cc2n[nH]c(C3CC3)c2c(CO)n1)c1ccc(F)cc1. The van der Waals surface area contributed by atoms with Gasteiger partial charge in [0.15, 0.2) is 0 Å². The molecule has 1 saturated carbocycles. The molecule has 0 spiro atoms. The first kappa shape index (κ1) is 19.3. The lowest BCUT2D eigenvalue weighted by atomic mass is 10.0. The summed E-state index contributed by atoms with van der Waals surface area (Å²) in [6.45, 7) is 1.25. The Morgan fingerprint density at radius 1 is 1.34 bits per heavy atom. The zero-order chi connectivity index (χ0) is 20.5. The molecule has 1 aromatic carbocycles. The van der Waals surface area contributed by atoms with Gasteiger partial charge in [-0.1, -0.05) is 12.1 Å². The van der Waals surface area contributed by atoms with Crippen molar-refractivity contribution in [3.8, 4) is 0 Å². The van der Waals surface area contributed by atoms with E-state index < -0.39 is 24.0 Å². The topological polar surface area (TPSA) is 123 Å². The summed E-state index contributed by atoms with van der Waals surface area (Å²) in [5.74, 6) is 0.245. The van der Waals surface area contributed by atoms with Gasteiger partial charge in [-0.15, -0.1) is 0 Å². The Bertz CT molecular complexity index is 1030. The number of amides is 2. The molecule has 2 atom stereocenters. The number of fused-ring (bicyclic) bond motifs is 1. The van der Waals surface area contributed by atoms with Crippen molar-refractivity contribution in [2.75, 3.05) is 5.32 Å². The lowest BCUT2D eigenvalue weighted by Gasteiger charge is -2.22. The number of aromatic nitrogens is 3. The molecule has 8 nitrogen and oxygen atoms in total. The smallest absolute Gasteiger partial charge is 0.320 e. The van der Waals surface area contributed by atoms with Crippen LogP contribution < -0.4 is 10.6 Å². The molecule has 2 unspecified atom stereocenters. The van der Waals surface area contributed by atoms with Crippen LogP contribution >= 0.6 is 0 Å². The maximum Gasteiger partial charge on any atom is 0.320 e. The Labute approximate surface area is 166 Å². The number of aliphatic hydroxyl groups is 2. The molecule has 9 heteroatoms. The second-order valence-electron chi connectivity index (χ2n) is 7.29. The molecule has 2 heterocycles. The van der Waals surface area contributed by atoms with Crippen LogP contribution in [-0.4, -0.2) is 37.5 Å². The minimum absolute atomic E-state index is 0.233. The summed E-state index contributed by atoms with van der Waals surface area (Å²) in [4.78, 5) is 16.8. The van der Waals surface area contributed by atoms with Crippen molar-refractivity contribution in [3.05, 3.63) is 53.1 Å². The predicted octanol–water partition coefficient (Wildman–Crippen LogP) is 2.71. The fraction of sp³-hybridized carbons (Fsp3) is 0.350. The van der Waals surface area contributed by atoms with Gasteiger partial charge in [-0.05, 0) is 37.5 Å². The fourth-order valence-corrected chi connectivity index (χ4v) is 3.43. The Morgan fingerprint density at radius 3 is 2.69 bits per heavy atom. The van der Waals surface area contributed by atoms with Gasteiger partial charge in [0.05, 0.1) is 30.0 Å². The van der Waals surface area contributed by atoms with Crippen LogP contribution in [-0.2, 0) is 6.61 Å². The van der Waals surface area contributed by atoms with E-state index >= 15 is 0 Å². The number of nitrogens with one attached hydrogen (secondary N) is 3. The van der Waals surface area contributed by atoms with Gasteiger partial charge in [-0.25, -0.2) is 14.2 Å². The standard InChI is InChI=1S/C20H22FN5O3/c1-10(28)18(11-4-6-13(21)7-5-11)24-20(29)23-16-8-14-17(15(9-27)22-16)19(26-25-14)12-2-3-12/h4-8,10,12,18,27-28H,2-3,9H2,1H3,(H,25,26)(H2,22,23,24,29). The molecule has 0 saturated heterocycles. The van der Waals surface area contributed by atoms with E-state index in [4.69, 9.17) is 0 Å². The van der Waals surface area contributed by atoms with Crippen LogP contribution in [0.5, 0.6) is 0 Å². The molecule has 1 aliphatic rings. The zero-order valence-corrected chi connectivity index (χ0v) is 15.8. The minimum Gasteiger partial charge on any atom is -0.391 e. The first-order valence-corrected chi connectivity index (χ1v) is 9.46. The van der Waals surface area contributed by atoms with Crippen molar-refractivity contribution in [3.63, 3.8) is 0 Å². The molecule has 2 aromatic heterocycles. The molecule has 0 radical (unpaired) electrons. The number of rotatable bonds is 6. The van der Waals surface area contributed by atoms with Gasteiger partial charge >= 0.3 is 6.03 Å². The summed E-state index contributed by atoms with van der Waals surface area (Å²) in [5, 5.41) is 33.1. The first-order chi connectivity index (χ1) is 14.0. The van der Waals surface area contributed by atoms with Gasteiger partial charge < -0.3 is 15.5 Å². The maximum absolute atomic E-state index is 13.2. The van der Waals surface area contributed by atoms with Crippen LogP contribution in [0.25, 0.3) is 10.9 Å². The van der Waals surface area contributed by atoms with E-state index in [0.29, 0.717) is 22.7 Å². The lowest BCUT2D eigenvalue weighted by molar-refractivity contribution is 0.148. The van der Waals surface area contributed by atoms with Gasteiger partial charge in [0, 0.05) is 23.1 Å². The van der Waals surface area contributed by atoms with Crippen LogP contribution in [0, 0.1) is 5.82 Å². The second kappa shape index (κ2) is 7.76. The predicted molar refractivity (Wildman–Crippen MR) is 105 cm³/mol. The summed E-state index contributed by atoms with van der Waals surface area (Å²) < 4.78 is 13.2. The van der Waals surface area contributed by atoms with Crippen molar-refractivity contribution < 1.29 is 19.4 Å². The Kier molecular flexibility index (Phi) is 5.16. The van der Waals surface area contributed by atoms with Crippen LogP contribution in [0.3, 0.4) is 0 Å². The van der Waals surface area contributed by atoms with Crippen LogP contribution in [0.1, 0.15) is 48.7 Å². The third kappa shape index (κ3) is 4.06. The highest BCUT2D eigenvalue weighted by Gasteiger charge is 2.29. The highest BCUT2D eigenvalue weighted by atomic mass is 19.1. The summed E-state index contributed by atoms with van der Waals surface area (Å²) in [5.41, 5.74) is 2.60. The number of pyridine rings is 1. The van der Waals surface area contributed by atoms with E-state index in [9.17, 15) is 19.4 Å². The fourth-order valence-electron chi connectivity index (χ4n) is 3.43. The number of carbonyl (C=O) groups is 1. The lowest BCUT2D eigenvalue weighted by Crippen LogP contribution is -2.38. The van der Waals surface area contributed by atoms with E-state index in [1.165, 1.54) is 31.2 Å². The Morgan fingerprint density at radius 2 is 2.07 bits per heavy atom. The molecule has 3 aromatic rings. The number of urea groups is 1. The number of nitrogens with zero attached hydrogens (tertiary/aromatic N) is 2. The first-order valence-electron chi connectivity index (χ1n) is 9.46. The Balaban J connectivity index is 1.54. The zero-order valence-electron chi connectivity index (χ0n) is 15.8. The molecule has 0 bridgehead atoms. The second-order valence-corrected chi connectivity index (χ2v) is 7.29. The molecular weight excluding hydrogens is 377 g/mol. The van der Waals surface area contributed by atoms with Gasteiger partial charge in [-0.3, -0.25) is 10.4 Å². The number of H-pyrrole nitrogens is 1. The summed E-state index contributed by atoms with van der Waals surface area (Å²) >= 11 is 0. The van der Waals surface area contributed by atoms with Gasteiger partial charge in [-0.2, -0.15) is 5.10 Å². The number of halogens is 1. The third-order valence-corrected chi connectivity index (χ3v) is 5.01.